The second-order valence-corrected chi connectivity index (χ2v) is 5.31. The van der Waals surface area contributed by atoms with Crippen molar-refractivity contribution in [1.82, 2.24) is 0 Å². The number of rotatable bonds is 1. The molecule has 40 valence electrons. The molecule has 0 aliphatic carbocycles. The maximum absolute atomic E-state index is 11.0. The SMILES string of the molecule is CC[Te](F)(F)F. The first-order valence-electron chi connectivity index (χ1n) is 1.46. The van der Waals surface area contributed by atoms with Gasteiger partial charge in [0.05, 0.1) is 0 Å². The summed E-state index contributed by atoms with van der Waals surface area (Å²) >= 11 is -5.56. The van der Waals surface area contributed by atoms with Gasteiger partial charge >= 0.3 is 40.0 Å². The van der Waals surface area contributed by atoms with Gasteiger partial charge in [-0.2, -0.15) is 0 Å². The Morgan fingerprint density at radius 1 is 1.33 bits per heavy atom. The van der Waals surface area contributed by atoms with Crippen molar-refractivity contribution in [3.8, 4) is 0 Å². The quantitative estimate of drug-likeness (QED) is 0.584. The summed E-state index contributed by atoms with van der Waals surface area (Å²) in [5.74, 6) is 0. The Hall–Kier alpha value is 0.580. The molecular weight excluding hydrogens is 209 g/mol. The molecule has 0 amide bonds. The third kappa shape index (κ3) is 4.58. The van der Waals surface area contributed by atoms with E-state index in [1.807, 2.05) is 0 Å². The summed E-state index contributed by atoms with van der Waals surface area (Å²) in [6.07, 6.45) is 0. The first-order chi connectivity index (χ1) is 2.56. The van der Waals surface area contributed by atoms with E-state index in [4.69, 9.17) is 0 Å². The molecule has 0 heterocycles. The number of hydrogen-bond acceptors (Lipinski definition) is 0. The summed E-state index contributed by atoms with van der Waals surface area (Å²) in [7, 11) is 0. The molecule has 4 heteroatoms. The standard InChI is InChI=1S/C2H5F3Te/c1-2-6(3,4)5/h2H2,1H3. The van der Waals surface area contributed by atoms with Crippen LogP contribution in [-0.2, 0) is 0 Å². The van der Waals surface area contributed by atoms with E-state index < -0.39 is 24.4 Å². The van der Waals surface area contributed by atoms with E-state index in [9.17, 15) is 8.68 Å². The van der Waals surface area contributed by atoms with Crippen molar-refractivity contribution in [2.75, 3.05) is 0 Å². The van der Waals surface area contributed by atoms with Gasteiger partial charge in [0.15, 0.2) is 0 Å². The minimum atomic E-state index is -5.56. The van der Waals surface area contributed by atoms with Gasteiger partial charge in [-0.05, 0) is 0 Å². The molecule has 0 saturated carbocycles. The van der Waals surface area contributed by atoms with Crippen molar-refractivity contribution in [2.24, 2.45) is 0 Å². The third-order valence-corrected chi connectivity index (χ3v) is 2.20. The topological polar surface area (TPSA) is 0 Å². The fourth-order valence-corrected chi connectivity index (χ4v) is 0. The van der Waals surface area contributed by atoms with E-state index in [-0.39, 0.29) is 0 Å². The summed E-state index contributed by atoms with van der Waals surface area (Å²) in [6, 6.07) is 0. The molecule has 0 bridgehead atoms. The Bertz CT molecular complexity index is 38.5. The molecular formula is C2H5F3Te. The number of hydrogen-bond donors (Lipinski definition) is 0. The first-order valence-corrected chi connectivity index (χ1v) is 5.75. The van der Waals surface area contributed by atoms with Crippen LogP contribution in [0.15, 0.2) is 0 Å². The van der Waals surface area contributed by atoms with E-state index in [2.05, 4.69) is 0 Å². The normalized spacial score (nSPS) is 14.7. The van der Waals surface area contributed by atoms with E-state index >= 15 is 0 Å². The Morgan fingerprint density at radius 3 is 1.50 bits per heavy atom. The molecule has 0 aromatic rings. The second kappa shape index (κ2) is 2.04. The summed E-state index contributed by atoms with van der Waals surface area (Å²) in [4.78, 5) is 0. The Kier molecular flexibility index (Phi) is 2.23. The van der Waals surface area contributed by atoms with Crippen molar-refractivity contribution >= 4 is 19.9 Å². The van der Waals surface area contributed by atoms with Gasteiger partial charge in [0.25, 0.3) is 0 Å². The Labute approximate surface area is 40.5 Å². The average molecular weight is 214 g/mol. The summed E-state index contributed by atoms with van der Waals surface area (Å²) in [5.41, 5.74) is 0. The fourth-order valence-electron chi connectivity index (χ4n) is 0. The van der Waals surface area contributed by atoms with Crippen LogP contribution < -0.4 is 0 Å². The van der Waals surface area contributed by atoms with E-state index in [1.54, 1.807) is 0 Å². The van der Waals surface area contributed by atoms with Crippen molar-refractivity contribution < 1.29 is 8.68 Å². The zero-order chi connectivity index (χ0) is 5.21. The van der Waals surface area contributed by atoms with Crippen LogP contribution in [0.4, 0.5) is 8.68 Å². The van der Waals surface area contributed by atoms with Gasteiger partial charge < -0.3 is 0 Å². The molecule has 0 N–H and O–H groups in total. The van der Waals surface area contributed by atoms with Gasteiger partial charge in [0, 0.05) is 0 Å². The molecule has 0 aromatic carbocycles. The van der Waals surface area contributed by atoms with Crippen LogP contribution in [0.2, 0.25) is 4.47 Å². The monoisotopic (exact) mass is 216 g/mol. The van der Waals surface area contributed by atoms with E-state index in [1.165, 1.54) is 6.92 Å². The van der Waals surface area contributed by atoms with Crippen LogP contribution in [-0.4, -0.2) is 19.9 Å². The Morgan fingerprint density at radius 2 is 1.50 bits per heavy atom. The molecule has 0 atom stereocenters. The van der Waals surface area contributed by atoms with E-state index in [0.717, 1.165) is 0 Å². The van der Waals surface area contributed by atoms with Crippen molar-refractivity contribution in [1.29, 1.82) is 0 Å². The summed E-state index contributed by atoms with van der Waals surface area (Å²) in [5, 5.41) is 0. The van der Waals surface area contributed by atoms with Gasteiger partial charge in [0.2, 0.25) is 0 Å². The summed E-state index contributed by atoms with van der Waals surface area (Å²) in [6.45, 7) is 1.17. The van der Waals surface area contributed by atoms with Gasteiger partial charge in [-0.15, -0.1) is 0 Å². The van der Waals surface area contributed by atoms with Crippen LogP contribution in [0, 0.1) is 0 Å². The second-order valence-electron chi connectivity index (χ2n) is 0.791. The predicted octanol–water partition coefficient (Wildman–Crippen LogP) is 1.85. The Balaban J connectivity index is 3.17. The molecule has 0 fully saturated rings. The molecule has 0 aliphatic rings. The van der Waals surface area contributed by atoms with Crippen molar-refractivity contribution in [2.45, 2.75) is 11.4 Å². The fraction of sp³-hybridized carbons (Fsp3) is 1.00. The number of halogens is 3. The van der Waals surface area contributed by atoms with Crippen LogP contribution >= 0.6 is 0 Å². The molecule has 0 aromatic heterocycles. The van der Waals surface area contributed by atoms with Crippen LogP contribution in [0.25, 0.3) is 0 Å². The first kappa shape index (κ1) is 6.58. The summed E-state index contributed by atoms with van der Waals surface area (Å²) < 4.78 is 32.4. The van der Waals surface area contributed by atoms with Crippen molar-refractivity contribution in [3.63, 3.8) is 0 Å². The molecule has 0 saturated heterocycles. The van der Waals surface area contributed by atoms with Crippen molar-refractivity contribution in [3.05, 3.63) is 0 Å². The van der Waals surface area contributed by atoms with Gasteiger partial charge in [0.1, 0.15) is 0 Å². The van der Waals surface area contributed by atoms with Crippen LogP contribution in [0.5, 0.6) is 0 Å². The van der Waals surface area contributed by atoms with E-state index in [0.29, 0.717) is 0 Å². The molecule has 0 nitrogen and oxygen atoms in total. The van der Waals surface area contributed by atoms with Gasteiger partial charge in [-0.1, -0.05) is 0 Å². The minimum absolute atomic E-state index is 0.539. The zero-order valence-electron chi connectivity index (χ0n) is 3.25. The average Bonchev–Trinajstić information content (AvgIpc) is 1.35. The molecule has 0 radical (unpaired) electrons. The molecule has 0 rings (SSSR count). The molecule has 6 heavy (non-hydrogen) atoms. The van der Waals surface area contributed by atoms with Gasteiger partial charge in [-0.3, -0.25) is 0 Å². The maximum atomic E-state index is 11.0. The molecule has 0 spiro atoms. The molecule has 0 unspecified atom stereocenters. The van der Waals surface area contributed by atoms with Gasteiger partial charge in [-0.25, -0.2) is 0 Å². The van der Waals surface area contributed by atoms with Crippen LogP contribution in [0.3, 0.4) is 0 Å². The van der Waals surface area contributed by atoms with Crippen LogP contribution in [0.1, 0.15) is 6.92 Å². The predicted molar refractivity (Wildman–Crippen MR) is 19.6 cm³/mol. The zero-order valence-corrected chi connectivity index (χ0v) is 5.58. The molecule has 0 aliphatic heterocycles. The third-order valence-electron chi connectivity index (χ3n) is 0.327.